The van der Waals surface area contributed by atoms with Gasteiger partial charge in [0.1, 0.15) is 0 Å². The first-order valence-electron chi connectivity index (χ1n) is 6.47. The van der Waals surface area contributed by atoms with Crippen LogP contribution in [-0.2, 0) is 19.4 Å². The first kappa shape index (κ1) is 11.6. The number of rotatable bonds is 4. The number of aromatic nitrogens is 2. The summed E-state index contributed by atoms with van der Waals surface area (Å²) in [5.41, 5.74) is 2.78. The van der Waals surface area contributed by atoms with Crippen LogP contribution in [-0.4, -0.2) is 22.1 Å². The fourth-order valence-electron chi connectivity index (χ4n) is 2.40. The Balaban J connectivity index is 1.96. The fraction of sp³-hybridized carbons (Fsp3) is 0.769. The summed E-state index contributed by atoms with van der Waals surface area (Å²) in [4.78, 5) is 4.53. The Kier molecular flexibility index (Phi) is 3.64. The molecule has 3 nitrogen and oxygen atoms in total. The predicted octanol–water partition coefficient (Wildman–Crippen LogP) is 2.01. The lowest BCUT2D eigenvalue weighted by atomic mass is 9.95. The van der Waals surface area contributed by atoms with E-state index < -0.39 is 0 Å². The van der Waals surface area contributed by atoms with Crippen LogP contribution >= 0.6 is 0 Å². The molecule has 1 heterocycles. The quantitative estimate of drug-likeness (QED) is 0.843. The number of nitrogens with zero attached hydrogens (tertiary/aromatic N) is 2. The Labute approximate surface area is 98.3 Å². The first-order valence-corrected chi connectivity index (χ1v) is 6.47. The van der Waals surface area contributed by atoms with E-state index in [1.165, 1.54) is 24.2 Å². The molecular weight excluding hydrogens is 198 g/mol. The number of nitrogens with one attached hydrogen (secondary N) is 1. The van der Waals surface area contributed by atoms with E-state index in [2.05, 4.69) is 35.6 Å². The maximum atomic E-state index is 4.53. The van der Waals surface area contributed by atoms with Gasteiger partial charge in [0.25, 0.3) is 0 Å². The minimum absolute atomic E-state index is 0.634. The van der Waals surface area contributed by atoms with Crippen LogP contribution < -0.4 is 5.32 Å². The van der Waals surface area contributed by atoms with Crippen LogP contribution in [0.15, 0.2) is 6.33 Å². The van der Waals surface area contributed by atoms with Crippen molar-refractivity contribution in [3.05, 3.63) is 17.7 Å². The van der Waals surface area contributed by atoms with Crippen molar-refractivity contribution in [2.75, 3.05) is 6.54 Å². The van der Waals surface area contributed by atoms with Crippen molar-refractivity contribution in [3.8, 4) is 0 Å². The summed E-state index contributed by atoms with van der Waals surface area (Å²) >= 11 is 0. The molecule has 0 bridgehead atoms. The van der Waals surface area contributed by atoms with Crippen LogP contribution in [0, 0.1) is 5.92 Å². The van der Waals surface area contributed by atoms with Crippen molar-refractivity contribution in [2.24, 2.45) is 5.92 Å². The highest BCUT2D eigenvalue weighted by Gasteiger charge is 2.21. The van der Waals surface area contributed by atoms with Gasteiger partial charge in [-0.2, -0.15) is 0 Å². The largest absolute Gasteiger partial charge is 0.335 e. The molecule has 1 aliphatic rings. The SMILES string of the molecule is CCn1cnc2c1CCC(NCC(C)C)C2. The summed E-state index contributed by atoms with van der Waals surface area (Å²) in [7, 11) is 0. The van der Waals surface area contributed by atoms with Gasteiger partial charge in [-0.1, -0.05) is 13.8 Å². The van der Waals surface area contributed by atoms with Gasteiger partial charge in [0.15, 0.2) is 0 Å². The van der Waals surface area contributed by atoms with E-state index in [-0.39, 0.29) is 0 Å². The zero-order valence-corrected chi connectivity index (χ0v) is 10.7. The molecule has 90 valence electrons. The Bertz CT molecular complexity index is 341. The molecular formula is C13H23N3. The molecule has 1 unspecified atom stereocenters. The summed E-state index contributed by atoms with van der Waals surface area (Å²) in [6.07, 6.45) is 5.54. The Morgan fingerprint density at radius 3 is 3.06 bits per heavy atom. The summed E-state index contributed by atoms with van der Waals surface area (Å²) in [5, 5.41) is 3.64. The molecule has 3 heteroatoms. The van der Waals surface area contributed by atoms with Crippen molar-refractivity contribution >= 4 is 0 Å². The third-order valence-electron chi connectivity index (χ3n) is 3.36. The molecule has 2 rings (SSSR count). The van der Waals surface area contributed by atoms with E-state index in [4.69, 9.17) is 0 Å². The monoisotopic (exact) mass is 221 g/mol. The predicted molar refractivity (Wildman–Crippen MR) is 66.6 cm³/mol. The van der Waals surface area contributed by atoms with Crippen molar-refractivity contribution < 1.29 is 0 Å². The third-order valence-corrected chi connectivity index (χ3v) is 3.36. The van der Waals surface area contributed by atoms with E-state index in [9.17, 15) is 0 Å². The summed E-state index contributed by atoms with van der Waals surface area (Å²) < 4.78 is 2.29. The van der Waals surface area contributed by atoms with E-state index in [0.717, 1.165) is 25.4 Å². The van der Waals surface area contributed by atoms with Gasteiger partial charge < -0.3 is 9.88 Å². The lowest BCUT2D eigenvalue weighted by Gasteiger charge is -2.24. The van der Waals surface area contributed by atoms with Gasteiger partial charge in [-0.15, -0.1) is 0 Å². The molecule has 0 spiro atoms. The smallest absolute Gasteiger partial charge is 0.0951 e. The molecule has 16 heavy (non-hydrogen) atoms. The average Bonchev–Trinajstić information content (AvgIpc) is 2.68. The molecule has 0 amide bonds. The van der Waals surface area contributed by atoms with Crippen LogP contribution in [0.2, 0.25) is 0 Å². The highest BCUT2D eigenvalue weighted by Crippen LogP contribution is 2.20. The summed E-state index contributed by atoms with van der Waals surface area (Å²) in [5.74, 6) is 0.731. The molecule has 1 aromatic rings. The third kappa shape index (κ3) is 2.46. The molecule has 1 atom stereocenters. The van der Waals surface area contributed by atoms with Gasteiger partial charge in [-0.05, 0) is 32.2 Å². The van der Waals surface area contributed by atoms with Crippen molar-refractivity contribution in [1.82, 2.24) is 14.9 Å². The fourth-order valence-corrected chi connectivity index (χ4v) is 2.40. The van der Waals surface area contributed by atoms with Gasteiger partial charge >= 0.3 is 0 Å². The molecule has 0 aliphatic heterocycles. The molecule has 1 aromatic heterocycles. The highest BCUT2D eigenvalue weighted by molar-refractivity contribution is 5.18. The summed E-state index contributed by atoms with van der Waals surface area (Å²) in [6.45, 7) is 8.87. The molecule has 0 aromatic carbocycles. The van der Waals surface area contributed by atoms with Crippen molar-refractivity contribution in [2.45, 2.75) is 52.6 Å². The number of aryl methyl sites for hydroxylation is 1. The van der Waals surface area contributed by atoms with Gasteiger partial charge in [0.2, 0.25) is 0 Å². The molecule has 1 N–H and O–H groups in total. The molecule has 1 aliphatic carbocycles. The second kappa shape index (κ2) is 5.00. The topological polar surface area (TPSA) is 29.9 Å². The van der Waals surface area contributed by atoms with Crippen LogP contribution in [0.25, 0.3) is 0 Å². The van der Waals surface area contributed by atoms with Gasteiger partial charge in [-0.25, -0.2) is 4.98 Å². The van der Waals surface area contributed by atoms with Crippen LogP contribution in [0.1, 0.15) is 38.6 Å². The second-order valence-electron chi connectivity index (χ2n) is 5.17. The average molecular weight is 221 g/mol. The standard InChI is InChI=1S/C13H23N3/c1-4-16-9-15-12-7-11(5-6-13(12)16)14-8-10(2)3/h9-11,14H,4-8H2,1-3H3. The normalized spacial score (nSPS) is 20.1. The number of hydrogen-bond acceptors (Lipinski definition) is 2. The van der Waals surface area contributed by atoms with E-state index >= 15 is 0 Å². The zero-order chi connectivity index (χ0) is 11.5. The maximum Gasteiger partial charge on any atom is 0.0951 e. The van der Waals surface area contributed by atoms with Crippen LogP contribution in [0.5, 0.6) is 0 Å². The van der Waals surface area contributed by atoms with E-state index in [1.54, 1.807) is 0 Å². The van der Waals surface area contributed by atoms with Gasteiger partial charge in [-0.3, -0.25) is 0 Å². The molecule has 0 saturated carbocycles. The Morgan fingerprint density at radius 2 is 2.38 bits per heavy atom. The molecule has 0 fully saturated rings. The van der Waals surface area contributed by atoms with E-state index in [0.29, 0.717) is 6.04 Å². The number of fused-ring (bicyclic) bond motifs is 1. The first-order chi connectivity index (χ1) is 7.70. The lowest BCUT2D eigenvalue weighted by molar-refractivity contribution is 0.417. The minimum Gasteiger partial charge on any atom is -0.335 e. The van der Waals surface area contributed by atoms with Crippen molar-refractivity contribution in [3.63, 3.8) is 0 Å². The maximum absolute atomic E-state index is 4.53. The number of hydrogen-bond donors (Lipinski definition) is 1. The van der Waals surface area contributed by atoms with E-state index in [1.807, 2.05) is 6.33 Å². The van der Waals surface area contributed by atoms with Gasteiger partial charge in [0, 0.05) is 24.7 Å². The summed E-state index contributed by atoms with van der Waals surface area (Å²) in [6, 6.07) is 0.634. The molecule has 0 saturated heterocycles. The number of imidazole rings is 1. The Morgan fingerprint density at radius 1 is 1.56 bits per heavy atom. The van der Waals surface area contributed by atoms with Crippen molar-refractivity contribution in [1.29, 1.82) is 0 Å². The van der Waals surface area contributed by atoms with Crippen LogP contribution in [0.4, 0.5) is 0 Å². The van der Waals surface area contributed by atoms with Gasteiger partial charge in [0.05, 0.1) is 12.0 Å². The Hall–Kier alpha value is -0.830. The zero-order valence-electron chi connectivity index (χ0n) is 10.7. The van der Waals surface area contributed by atoms with Crippen LogP contribution in [0.3, 0.4) is 0 Å². The minimum atomic E-state index is 0.634. The lowest BCUT2D eigenvalue weighted by Crippen LogP contribution is -2.37. The molecule has 0 radical (unpaired) electrons. The highest BCUT2D eigenvalue weighted by atomic mass is 15.1. The second-order valence-corrected chi connectivity index (χ2v) is 5.17.